The van der Waals surface area contributed by atoms with Crippen molar-refractivity contribution in [3.63, 3.8) is 0 Å². The topological polar surface area (TPSA) is 101 Å². The highest BCUT2D eigenvalue weighted by atomic mass is 79.9. The first-order valence-electron chi connectivity index (χ1n) is 6.01. The minimum Gasteiger partial charge on any atom is -0.396 e. The van der Waals surface area contributed by atoms with E-state index in [1.807, 2.05) is 0 Å². The lowest BCUT2D eigenvalue weighted by Gasteiger charge is -2.14. The standard InChI is InChI=1S/C12H16BrN3O3/c13-2-1-7-5-16(12(19)15-11(7)14)9-3-8(6-17)10(18)4-9/h1-2,5,8-10,17-18H,3-4,6H2,(H2,14,15,19). The van der Waals surface area contributed by atoms with Crippen molar-refractivity contribution in [2.24, 2.45) is 5.92 Å². The van der Waals surface area contributed by atoms with E-state index in [1.54, 1.807) is 17.3 Å². The fraction of sp³-hybridized carbons (Fsp3) is 0.500. The first-order chi connectivity index (χ1) is 9.06. The Balaban J connectivity index is 2.35. The molecule has 1 heterocycles. The van der Waals surface area contributed by atoms with Crippen molar-refractivity contribution >= 4 is 27.8 Å². The zero-order valence-electron chi connectivity index (χ0n) is 10.2. The normalized spacial score (nSPS) is 27.2. The number of nitrogens with two attached hydrogens (primary N) is 1. The zero-order valence-corrected chi connectivity index (χ0v) is 11.8. The average Bonchev–Trinajstić information content (AvgIpc) is 2.74. The maximum Gasteiger partial charge on any atom is 0.349 e. The molecule has 0 saturated heterocycles. The molecule has 0 amide bonds. The maximum atomic E-state index is 11.9. The van der Waals surface area contributed by atoms with Gasteiger partial charge in [-0.3, -0.25) is 4.57 Å². The number of halogens is 1. The van der Waals surface area contributed by atoms with Gasteiger partial charge in [-0.2, -0.15) is 4.98 Å². The summed E-state index contributed by atoms with van der Waals surface area (Å²) in [5.41, 5.74) is 5.88. The van der Waals surface area contributed by atoms with E-state index < -0.39 is 11.8 Å². The Labute approximate surface area is 118 Å². The summed E-state index contributed by atoms with van der Waals surface area (Å²) in [6, 6.07) is -0.157. The van der Waals surface area contributed by atoms with Crippen LogP contribution < -0.4 is 11.4 Å². The van der Waals surface area contributed by atoms with Crippen molar-refractivity contribution in [3.05, 3.63) is 27.2 Å². The SMILES string of the molecule is Nc1nc(=O)n(C2CC(O)C(CO)C2)cc1C=CBr. The molecule has 6 nitrogen and oxygen atoms in total. The Morgan fingerprint density at radius 1 is 1.58 bits per heavy atom. The highest BCUT2D eigenvalue weighted by Gasteiger charge is 2.34. The number of nitrogen functional groups attached to an aromatic ring is 1. The molecular weight excluding hydrogens is 314 g/mol. The van der Waals surface area contributed by atoms with Crippen LogP contribution in [0.3, 0.4) is 0 Å². The van der Waals surface area contributed by atoms with E-state index in [0.717, 1.165) is 0 Å². The second kappa shape index (κ2) is 5.85. The van der Waals surface area contributed by atoms with Gasteiger partial charge in [0.2, 0.25) is 0 Å². The molecule has 19 heavy (non-hydrogen) atoms. The van der Waals surface area contributed by atoms with Crippen LogP contribution in [0.15, 0.2) is 16.0 Å². The minimum atomic E-state index is -0.588. The van der Waals surface area contributed by atoms with Crippen LogP contribution in [0.2, 0.25) is 0 Å². The van der Waals surface area contributed by atoms with Crippen LogP contribution in [0.4, 0.5) is 5.82 Å². The molecule has 0 bridgehead atoms. The number of anilines is 1. The Morgan fingerprint density at radius 2 is 2.32 bits per heavy atom. The van der Waals surface area contributed by atoms with Crippen LogP contribution in [0.25, 0.3) is 6.08 Å². The number of hydrogen-bond acceptors (Lipinski definition) is 5. The summed E-state index contributed by atoms with van der Waals surface area (Å²) in [4.78, 5) is 17.3. The van der Waals surface area contributed by atoms with E-state index in [0.29, 0.717) is 18.4 Å². The molecule has 104 valence electrons. The first-order valence-corrected chi connectivity index (χ1v) is 6.92. The summed E-state index contributed by atoms with van der Waals surface area (Å²) in [6.45, 7) is -0.0804. The number of nitrogens with zero attached hydrogens (tertiary/aromatic N) is 2. The number of hydrogen-bond donors (Lipinski definition) is 3. The first kappa shape index (κ1) is 14.2. The van der Waals surface area contributed by atoms with Gasteiger partial charge in [0.25, 0.3) is 0 Å². The van der Waals surface area contributed by atoms with Crippen LogP contribution in [-0.4, -0.2) is 32.5 Å². The van der Waals surface area contributed by atoms with Gasteiger partial charge in [-0.05, 0) is 23.9 Å². The molecule has 1 saturated carbocycles. The van der Waals surface area contributed by atoms with Crippen molar-refractivity contribution in [1.82, 2.24) is 9.55 Å². The molecule has 3 atom stereocenters. The Kier molecular flexibility index (Phi) is 4.38. The van der Waals surface area contributed by atoms with Crippen LogP contribution in [-0.2, 0) is 0 Å². The van der Waals surface area contributed by atoms with Crippen molar-refractivity contribution in [3.8, 4) is 0 Å². The minimum absolute atomic E-state index is 0.0804. The van der Waals surface area contributed by atoms with Crippen LogP contribution in [0.1, 0.15) is 24.4 Å². The lowest BCUT2D eigenvalue weighted by molar-refractivity contribution is 0.0906. The lowest BCUT2D eigenvalue weighted by Crippen LogP contribution is -2.27. The van der Waals surface area contributed by atoms with Gasteiger partial charge < -0.3 is 15.9 Å². The van der Waals surface area contributed by atoms with Crippen molar-refractivity contribution in [2.45, 2.75) is 25.0 Å². The third kappa shape index (κ3) is 2.88. The third-order valence-corrected chi connectivity index (χ3v) is 3.78. The largest absolute Gasteiger partial charge is 0.396 e. The van der Waals surface area contributed by atoms with Gasteiger partial charge in [-0.15, -0.1) is 0 Å². The van der Waals surface area contributed by atoms with Crippen molar-refractivity contribution in [2.75, 3.05) is 12.3 Å². The van der Waals surface area contributed by atoms with E-state index in [2.05, 4.69) is 20.9 Å². The molecule has 1 aromatic heterocycles. The predicted molar refractivity (Wildman–Crippen MR) is 75.7 cm³/mol. The number of aromatic nitrogens is 2. The summed E-state index contributed by atoms with van der Waals surface area (Å²) >= 11 is 3.15. The Bertz CT molecular complexity index is 544. The van der Waals surface area contributed by atoms with E-state index in [4.69, 9.17) is 10.8 Å². The van der Waals surface area contributed by atoms with Gasteiger partial charge in [0.05, 0.1) is 6.10 Å². The summed E-state index contributed by atoms with van der Waals surface area (Å²) in [7, 11) is 0. The van der Waals surface area contributed by atoms with Gasteiger partial charge in [0.15, 0.2) is 0 Å². The number of aliphatic hydroxyl groups excluding tert-OH is 2. The predicted octanol–water partition coefficient (Wildman–Crippen LogP) is 0.495. The molecule has 3 unspecified atom stereocenters. The smallest absolute Gasteiger partial charge is 0.349 e. The third-order valence-electron chi connectivity index (χ3n) is 3.51. The van der Waals surface area contributed by atoms with Crippen LogP contribution in [0.5, 0.6) is 0 Å². The molecule has 2 rings (SSSR count). The van der Waals surface area contributed by atoms with Crippen molar-refractivity contribution in [1.29, 1.82) is 0 Å². The molecule has 4 N–H and O–H groups in total. The summed E-state index contributed by atoms with van der Waals surface area (Å²) in [5, 5.41) is 18.9. The molecule has 1 fully saturated rings. The molecule has 0 spiro atoms. The van der Waals surface area contributed by atoms with E-state index >= 15 is 0 Å². The molecule has 1 aliphatic rings. The summed E-state index contributed by atoms with van der Waals surface area (Å²) in [6.07, 6.45) is 3.75. The van der Waals surface area contributed by atoms with Gasteiger partial charge in [-0.25, -0.2) is 4.79 Å². The molecule has 1 aliphatic carbocycles. The van der Waals surface area contributed by atoms with Gasteiger partial charge in [0, 0.05) is 30.3 Å². The zero-order chi connectivity index (χ0) is 14.0. The van der Waals surface area contributed by atoms with E-state index in [1.165, 1.54) is 4.57 Å². The molecule has 0 aromatic carbocycles. The lowest BCUT2D eigenvalue weighted by atomic mass is 10.1. The second-order valence-corrected chi connectivity index (χ2v) is 5.23. The fourth-order valence-corrected chi connectivity index (χ4v) is 2.74. The van der Waals surface area contributed by atoms with Crippen LogP contribution in [0, 0.1) is 5.92 Å². The maximum absolute atomic E-state index is 11.9. The Morgan fingerprint density at radius 3 is 2.89 bits per heavy atom. The van der Waals surface area contributed by atoms with Gasteiger partial charge in [-0.1, -0.05) is 15.9 Å². The summed E-state index contributed by atoms with van der Waals surface area (Å²) < 4.78 is 1.48. The highest BCUT2D eigenvalue weighted by molar-refractivity contribution is 9.11. The molecular formula is C12H16BrN3O3. The van der Waals surface area contributed by atoms with Crippen LogP contribution >= 0.6 is 15.9 Å². The van der Waals surface area contributed by atoms with E-state index in [9.17, 15) is 9.90 Å². The number of rotatable bonds is 3. The number of aliphatic hydroxyl groups is 2. The van der Waals surface area contributed by atoms with Gasteiger partial charge in [0.1, 0.15) is 5.82 Å². The average molecular weight is 330 g/mol. The Hall–Kier alpha value is -1.18. The molecule has 1 aromatic rings. The van der Waals surface area contributed by atoms with E-state index in [-0.39, 0.29) is 24.4 Å². The quantitative estimate of drug-likeness (QED) is 0.749. The molecule has 7 heteroatoms. The van der Waals surface area contributed by atoms with Crippen molar-refractivity contribution < 1.29 is 10.2 Å². The fourth-order valence-electron chi connectivity index (χ4n) is 2.45. The molecule has 0 radical (unpaired) electrons. The monoisotopic (exact) mass is 329 g/mol. The molecule has 0 aliphatic heterocycles. The second-order valence-electron chi connectivity index (χ2n) is 4.70. The van der Waals surface area contributed by atoms with Gasteiger partial charge >= 0.3 is 5.69 Å². The highest BCUT2D eigenvalue weighted by Crippen LogP contribution is 2.34. The summed E-state index contributed by atoms with van der Waals surface area (Å²) in [5.74, 6) is -0.0150.